The fraction of sp³-hybridized carbons (Fsp3) is 0.467. The van der Waals surface area contributed by atoms with Crippen LogP contribution in [-0.4, -0.2) is 20.1 Å². The van der Waals surface area contributed by atoms with Gasteiger partial charge in [-0.2, -0.15) is 0 Å². The van der Waals surface area contributed by atoms with E-state index in [0.717, 1.165) is 13.0 Å². The van der Waals surface area contributed by atoms with E-state index in [1.165, 1.54) is 11.3 Å². The van der Waals surface area contributed by atoms with Crippen molar-refractivity contribution in [1.29, 1.82) is 0 Å². The molecule has 0 aliphatic heterocycles. The van der Waals surface area contributed by atoms with Crippen molar-refractivity contribution < 1.29 is 0 Å². The van der Waals surface area contributed by atoms with Crippen LogP contribution in [0.1, 0.15) is 31.9 Å². The van der Waals surface area contributed by atoms with Gasteiger partial charge in [-0.05, 0) is 38.1 Å². The Morgan fingerprint density at radius 3 is 2.35 bits per heavy atom. The first kappa shape index (κ1) is 13.6. The summed E-state index contributed by atoms with van der Waals surface area (Å²) < 4.78 is 0. The van der Waals surface area contributed by atoms with E-state index in [-0.39, 0.29) is 0 Å². The van der Waals surface area contributed by atoms with Crippen molar-refractivity contribution >= 4 is 5.69 Å². The number of anilines is 1. The fourth-order valence-corrected chi connectivity index (χ4v) is 2.02. The number of hydrogen-bond acceptors (Lipinski definition) is 2. The minimum absolute atomic E-state index is 0.437. The molecule has 1 aromatic rings. The van der Waals surface area contributed by atoms with Crippen molar-refractivity contribution in [2.24, 2.45) is 0 Å². The summed E-state index contributed by atoms with van der Waals surface area (Å²) in [7, 11) is 2.00. The van der Waals surface area contributed by atoms with Crippen LogP contribution in [0.4, 0.5) is 5.69 Å². The van der Waals surface area contributed by atoms with Crippen LogP contribution in [-0.2, 0) is 0 Å². The predicted octanol–water partition coefficient (Wildman–Crippen LogP) is 2.82. The summed E-state index contributed by atoms with van der Waals surface area (Å²) in [6.45, 7) is 5.91. The van der Waals surface area contributed by atoms with E-state index in [2.05, 4.69) is 54.3 Å². The monoisotopic (exact) mass is 230 g/mol. The molecule has 2 nitrogen and oxygen atoms in total. The molecular weight excluding hydrogens is 208 g/mol. The Hall–Kier alpha value is -1.46. The van der Waals surface area contributed by atoms with E-state index in [1.54, 1.807) is 0 Å². The Labute approximate surface area is 105 Å². The Bertz CT molecular complexity index is 358. The van der Waals surface area contributed by atoms with Gasteiger partial charge >= 0.3 is 0 Å². The molecule has 1 N–H and O–H groups in total. The Morgan fingerprint density at radius 2 is 1.94 bits per heavy atom. The third-order valence-corrected chi connectivity index (χ3v) is 3.08. The minimum Gasteiger partial charge on any atom is -0.361 e. The number of nitrogens with one attached hydrogen (secondary N) is 1. The highest BCUT2D eigenvalue weighted by Gasteiger charge is 2.07. The first-order chi connectivity index (χ1) is 8.26. The summed E-state index contributed by atoms with van der Waals surface area (Å²) in [5, 5.41) is 3.31. The maximum atomic E-state index is 5.36. The molecule has 0 aromatic heterocycles. The number of hydrogen-bond donors (Lipinski definition) is 1. The average Bonchev–Trinajstić information content (AvgIpc) is 2.38. The summed E-state index contributed by atoms with van der Waals surface area (Å²) in [5.41, 5.74) is 2.52. The number of rotatable bonds is 6. The maximum Gasteiger partial charge on any atom is 0.0791 e. The van der Waals surface area contributed by atoms with Gasteiger partial charge in [0.15, 0.2) is 0 Å². The van der Waals surface area contributed by atoms with E-state index in [4.69, 9.17) is 6.42 Å². The average molecular weight is 230 g/mol. The van der Waals surface area contributed by atoms with Crippen LogP contribution in [0.2, 0.25) is 0 Å². The number of nitrogens with zero attached hydrogens (tertiary/aromatic N) is 1. The van der Waals surface area contributed by atoms with E-state index < -0.39 is 0 Å². The van der Waals surface area contributed by atoms with Gasteiger partial charge in [-0.25, -0.2) is 0 Å². The van der Waals surface area contributed by atoms with Crippen LogP contribution >= 0.6 is 0 Å². The molecule has 0 saturated heterocycles. The van der Waals surface area contributed by atoms with Crippen molar-refractivity contribution in [1.82, 2.24) is 5.32 Å². The van der Waals surface area contributed by atoms with Gasteiger partial charge in [0.25, 0.3) is 0 Å². The topological polar surface area (TPSA) is 15.3 Å². The molecule has 0 aliphatic rings. The van der Waals surface area contributed by atoms with Gasteiger partial charge in [0, 0.05) is 18.3 Å². The smallest absolute Gasteiger partial charge is 0.0791 e. The van der Waals surface area contributed by atoms with Gasteiger partial charge in [-0.1, -0.05) is 25.0 Å². The summed E-state index contributed by atoms with van der Waals surface area (Å²) in [6, 6.07) is 9.09. The van der Waals surface area contributed by atoms with Gasteiger partial charge < -0.3 is 10.2 Å². The lowest BCUT2D eigenvalue weighted by Crippen LogP contribution is -2.23. The summed E-state index contributed by atoms with van der Waals surface area (Å²) in [4.78, 5) is 2.18. The third kappa shape index (κ3) is 3.51. The molecule has 2 heteroatoms. The van der Waals surface area contributed by atoms with Crippen LogP contribution in [0.5, 0.6) is 0 Å². The second kappa shape index (κ2) is 6.98. The summed E-state index contributed by atoms with van der Waals surface area (Å²) >= 11 is 0. The molecule has 0 bridgehead atoms. The quantitative estimate of drug-likeness (QED) is 0.756. The lowest BCUT2D eigenvalue weighted by Gasteiger charge is -2.21. The SMILES string of the molecule is C#CCN(CC)c1ccc(C(CC)NC)cc1. The van der Waals surface area contributed by atoms with Crippen LogP contribution < -0.4 is 10.2 Å². The molecule has 1 aromatic carbocycles. The second-order valence-corrected chi connectivity index (χ2v) is 4.06. The van der Waals surface area contributed by atoms with E-state index >= 15 is 0 Å². The Morgan fingerprint density at radius 1 is 1.29 bits per heavy atom. The van der Waals surface area contributed by atoms with Crippen LogP contribution in [0, 0.1) is 12.3 Å². The molecule has 0 saturated carbocycles. The molecule has 1 unspecified atom stereocenters. The van der Waals surface area contributed by atoms with Crippen LogP contribution in [0.3, 0.4) is 0 Å². The zero-order valence-electron chi connectivity index (χ0n) is 11.0. The van der Waals surface area contributed by atoms with E-state index in [9.17, 15) is 0 Å². The zero-order chi connectivity index (χ0) is 12.7. The Balaban J connectivity index is 2.83. The van der Waals surface area contributed by atoms with Crippen molar-refractivity contribution in [2.75, 3.05) is 25.0 Å². The molecule has 17 heavy (non-hydrogen) atoms. The molecule has 0 amide bonds. The van der Waals surface area contributed by atoms with Crippen LogP contribution in [0.15, 0.2) is 24.3 Å². The van der Waals surface area contributed by atoms with Crippen molar-refractivity contribution in [3.8, 4) is 12.3 Å². The van der Waals surface area contributed by atoms with Crippen molar-refractivity contribution in [2.45, 2.75) is 26.3 Å². The van der Waals surface area contributed by atoms with E-state index in [1.807, 2.05) is 7.05 Å². The van der Waals surface area contributed by atoms with Crippen molar-refractivity contribution in [3.63, 3.8) is 0 Å². The second-order valence-electron chi connectivity index (χ2n) is 4.06. The normalized spacial score (nSPS) is 11.9. The molecule has 0 spiro atoms. The van der Waals surface area contributed by atoms with Crippen molar-refractivity contribution in [3.05, 3.63) is 29.8 Å². The first-order valence-electron chi connectivity index (χ1n) is 6.22. The standard InChI is InChI=1S/C15H22N2/c1-5-12-17(7-3)14-10-8-13(9-11-14)15(6-2)16-4/h1,8-11,15-16H,6-7,12H2,2-4H3. The lowest BCUT2D eigenvalue weighted by atomic mass is 10.0. The van der Waals surface area contributed by atoms with Gasteiger partial charge in [0.1, 0.15) is 0 Å². The molecule has 0 aliphatic carbocycles. The molecule has 1 atom stereocenters. The lowest BCUT2D eigenvalue weighted by molar-refractivity contribution is 0.577. The zero-order valence-corrected chi connectivity index (χ0v) is 11.0. The molecule has 1 rings (SSSR count). The molecule has 0 radical (unpaired) electrons. The maximum absolute atomic E-state index is 5.36. The predicted molar refractivity (Wildman–Crippen MR) is 75.3 cm³/mol. The van der Waals surface area contributed by atoms with E-state index in [0.29, 0.717) is 12.6 Å². The molecular formula is C15H22N2. The summed E-state index contributed by atoms with van der Waals surface area (Å²) in [5.74, 6) is 2.69. The van der Waals surface area contributed by atoms with Gasteiger partial charge in [-0.3, -0.25) is 0 Å². The first-order valence-corrected chi connectivity index (χ1v) is 6.22. The highest BCUT2D eigenvalue weighted by atomic mass is 15.1. The molecule has 92 valence electrons. The number of benzene rings is 1. The van der Waals surface area contributed by atoms with Gasteiger partial charge in [0.2, 0.25) is 0 Å². The molecule has 0 fully saturated rings. The van der Waals surface area contributed by atoms with Gasteiger partial charge in [0.05, 0.1) is 6.54 Å². The number of terminal acetylenes is 1. The Kier molecular flexibility index (Phi) is 5.59. The van der Waals surface area contributed by atoms with Crippen LogP contribution in [0.25, 0.3) is 0 Å². The third-order valence-electron chi connectivity index (χ3n) is 3.08. The summed E-state index contributed by atoms with van der Waals surface area (Å²) in [6.07, 6.45) is 6.46. The largest absolute Gasteiger partial charge is 0.361 e. The minimum atomic E-state index is 0.437. The molecule has 0 heterocycles. The highest BCUT2D eigenvalue weighted by molar-refractivity contribution is 5.48. The fourth-order valence-electron chi connectivity index (χ4n) is 2.02. The highest BCUT2D eigenvalue weighted by Crippen LogP contribution is 2.20. The van der Waals surface area contributed by atoms with Gasteiger partial charge in [-0.15, -0.1) is 6.42 Å².